The van der Waals surface area contributed by atoms with Gasteiger partial charge in [0.1, 0.15) is 5.75 Å². The molecule has 3 rings (SSSR count). The van der Waals surface area contributed by atoms with Crippen LogP contribution in [0.4, 0.5) is 10.5 Å². The molecule has 0 radical (unpaired) electrons. The molecule has 0 spiro atoms. The van der Waals surface area contributed by atoms with Gasteiger partial charge in [-0.25, -0.2) is 9.80 Å². The Morgan fingerprint density at radius 1 is 1.15 bits per heavy atom. The Balaban J connectivity index is 1.90. The fraction of sp³-hybridized carbons (Fsp3) is 0.0667. The Kier molecular flexibility index (Phi) is 4.81. The molecule has 1 unspecified atom stereocenters. The maximum Gasteiger partial charge on any atom is 0.343 e. The zero-order valence-electron chi connectivity index (χ0n) is 12.7. The predicted molar refractivity (Wildman–Crippen MR) is 92.2 cm³/mol. The molecule has 1 saturated heterocycles. The Morgan fingerprint density at radius 3 is 2.42 bits per heavy atom. The summed E-state index contributed by atoms with van der Waals surface area (Å²) in [6.07, 6.45) is 1.34. The van der Waals surface area contributed by atoms with E-state index in [1.165, 1.54) is 30.5 Å². The Morgan fingerprint density at radius 2 is 1.85 bits per heavy atom. The van der Waals surface area contributed by atoms with Crippen molar-refractivity contribution in [3.63, 3.8) is 0 Å². The first-order valence-electron chi connectivity index (χ1n) is 7.05. The average molecular weight is 394 g/mol. The number of anilines is 1. The molecule has 0 aliphatic carbocycles. The second-order valence-electron chi connectivity index (χ2n) is 5.05. The number of aromatic nitrogens is 1. The highest BCUT2D eigenvalue weighted by Crippen LogP contribution is 2.39. The molecule has 1 fully saturated rings. The number of hydrogen-bond acceptors (Lipinski definition) is 6. The lowest BCUT2D eigenvalue weighted by atomic mass is 10.2. The highest BCUT2D eigenvalue weighted by Gasteiger charge is 2.33. The van der Waals surface area contributed by atoms with Crippen LogP contribution in [-0.2, 0) is 4.79 Å². The maximum atomic E-state index is 12.0. The lowest BCUT2D eigenvalue weighted by Crippen LogP contribution is -2.64. The number of pyridine rings is 1. The lowest BCUT2D eigenvalue weighted by molar-refractivity contribution is -0.121. The first-order chi connectivity index (χ1) is 12.4. The van der Waals surface area contributed by atoms with E-state index in [0.29, 0.717) is 5.75 Å². The summed E-state index contributed by atoms with van der Waals surface area (Å²) >= 11 is 12.4. The molecular weight excluding hydrogens is 385 g/mol. The van der Waals surface area contributed by atoms with Crippen molar-refractivity contribution in [2.75, 3.05) is 5.01 Å². The van der Waals surface area contributed by atoms with Crippen molar-refractivity contribution in [1.29, 1.82) is 5.26 Å². The molecule has 11 heteroatoms. The van der Waals surface area contributed by atoms with E-state index in [1.54, 1.807) is 6.07 Å². The summed E-state index contributed by atoms with van der Waals surface area (Å²) in [7, 11) is 0. The summed E-state index contributed by atoms with van der Waals surface area (Å²) in [6, 6.07) is 5.11. The second kappa shape index (κ2) is 7.05. The molecule has 1 aliphatic heterocycles. The van der Waals surface area contributed by atoms with Crippen LogP contribution in [0.2, 0.25) is 10.0 Å². The normalized spacial score (nSPS) is 16.8. The van der Waals surface area contributed by atoms with Crippen LogP contribution in [0.25, 0.3) is 0 Å². The number of nitriles is 1. The molecule has 9 nitrogen and oxygen atoms in total. The van der Waals surface area contributed by atoms with Crippen molar-refractivity contribution in [1.82, 2.24) is 15.7 Å². The van der Waals surface area contributed by atoms with Crippen LogP contribution in [0.5, 0.6) is 11.5 Å². The van der Waals surface area contributed by atoms with E-state index in [9.17, 15) is 14.4 Å². The number of aromatic amines is 1. The quantitative estimate of drug-likeness (QED) is 0.730. The van der Waals surface area contributed by atoms with Gasteiger partial charge in [-0.05, 0) is 18.2 Å². The van der Waals surface area contributed by atoms with Crippen LogP contribution in [0.1, 0.15) is 0 Å². The third-order valence-electron chi connectivity index (χ3n) is 3.30. The molecular formula is C15H9Cl2N5O4. The Hall–Kier alpha value is -3.06. The summed E-state index contributed by atoms with van der Waals surface area (Å²) in [5.74, 6) is -0.358. The number of carbonyl (C=O) groups excluding carboxylic acids is 2. The smallest absolute Gasteiger partial charge is 0.343 e. The third kappa shape index (κ3) is 3.48. The van der Waals surface area contributed by atoms with Gasteiger partial charge in [-0.15, -0.1) is 0 Å². The van der Waals surface area contributed by atoms with E-state index in [-0.39, 0.29) is 27.0 Å². The maximum absolute atomic E-state index is 12.0. The topological polar surface area (TPSA) is 127 Å². The molecule has 3 amide bonds. The average Bonchev–Trinajstić information content (AvgIpc) is 2.60. The van der Waals surface area contributed by atoms with Gasteiger partial charge in [0.15, 0.2) is 11.8 Å². The number of rotatable bonds is 3. The van der Waals surface area contributed by atoms with Gasteiger partial charge in [0.2, 0.25) is 5.56 Å². The van der Waals surface area contributed by atoms with Crippen LogP contribution in [0.3, 0.4) is 0 Å². The van der Waals surface area contributed by atoms with Gasteiger partial charge in [-0.1, -0.05) is 23.2 Å². The number of carbonyl (C=O) groups is 2. The minimum atomic E-state index is -1.25. The van der Waals surface area contributed by atoms with Crippen molar-refractivity contribution in [2.45, 2.75) is 6.04 Å². The summed E-state index contributed by atoms with van der Waals surface area (Å²) in [5.41, 5.74) is 2.36. The fourth-order valence-corrected chi connectivity index (χ4v) is 2.66. The van der Waals surface area contributed by atoms with Crippen molar-refractivity contribution >= 4 is 40.8 Å². The number of hydrazine groups is 1. The highest BCUT2D eigenvalue weighted by atomic mass is 35.5. The molecule has 132 valence electrons. The minimum Gasteiger partial charge on any atom is -0.453 e. The van der Waals surface area contributed by atoms with Crippen LogP contribution in [0, 0.1) is 11.3 Å². The van der Waals surface area contributed by atoms with Gasteiger partial charge in [-0.2, -0.15) is 10.7 Å². The van der Waals surface area contributed by atoms with Gasteiger partial charge >= 0.3 is 6.03 Å². The molecule has 1 aromatic carbocycles. The summed E-state index contributed by atoms with van der Waals surface area (Å²) in [5, 5.41) is 12.1. The second-order valence-corrected chi connectivity index (χ2v) is 5.86. The van der Waals surface area contributed by atoms with E-state index in [0.717, 1.165) is 5.01 Å². The van der Waals surface area contributed by atoms with Crippen molar-refractivity contribution in [2.24, 2.45) is 0 Å². The van der Waals surface area contributed by atoms with Gasteiger partial charge in [0, 0.05) is 12.3 Å². The fourth-order valence-electron chi connectivity index (χ4n) is 2.11. The number of benzene rings is 1. The molecule has 1 atom stereocenters. The van der Waals surface area contributed by atoms with E-state index in [1.807, 2.05) is 5.32 Å². The van der Waals surface area contributed by atoms with Crippen molar-refractivity contribution in [3.05, 3.63) is 50.9 Å². The number of nitrogens with one attached hydrogen (secondary N) is 3. The highest BCUT2D eigenvalue weighted by molar-refractivity contribution is 6.37. The van der Waals surface area contributed by atoms with Crippen LogP contribution < -0.4 is 26.0 Å². The summed E-state index contributed by atoms with van der Waals surface area (Å²) in [4.78, 5) is 37.0. The minimum absolute atomic E-state index is 0.0682. The predicted octanol–water partition coefficient (Wildman–Crippen LogP) is 1.93. The van der Waals surface area contributed by atoms with E-state index in [2.05, 4.69) is 10.4 Å². The van der Waals surface area contributed by atoms with E-state index in [4.69, 9.17) is 33.2 Å². The molecule has 0 saturated carbocycles. The SMILES string of the molecule is N#CC1NN(c2cc(Cl)c(Oc3ccc(=O)[nH]c3)c(Cl)c2)C(=O)NC1=O. The van der Waals surface area contributed by atoms with Crippen molar-refractivity contribution < 1.29 is 14.3 Å². The molecule has 1 aromatic heterocycles. The number of nitrogens with zero attached hydrogens (tertiary/aromatic N) is 2. The first kappa shape index (κ1) is 17.8. The summed E-state index contributed by atoms with van der Waals surface area (Å²) in [6.45, 7) is 0. The number of ether oxygens (including phenoxy) is 1. The molecule has 2 heterocycles. The Bertz CT molecular complexity index is 957. The molecule has 3 N–H and O–H groups in total. The molecule has 1 aliphatic rings. The lowest BCUT2D eigenvalue weighted by Gasteiger charge is -2.30. The largest absolute Gasteiger partial charge is 0.453 e. The molecule has 2 aromatic rings. The van der Waals surface area contributed by atoms with Gasteiger partial charge in [0.25, 0.3) is 5.91 Å². The van der Waals surface area contributed by atoms with E-state index >= 15 is 0 Å². The number of H-pyrrole nitrogens is 1. The molecule has 0 bridgehead atoms. The zero-order chi connectivity index (χ0) is 18.8. The van der Waals surface area contributed by atoms with Crippen LogP contribution >= 0.6 is 23.2 Å². The number of imide groups is 1. The third-order valence-corrected chi connectivity index (χ3v) is 3.86. The standard InChI is InChI=1S/C15H9Cl2N5O4/c16-9-3-7(22-15(25)20-14(24)11(5-18)21-22)4-10(17)13(9)26-8-1-2-12(23)19-6-8/h1-4,6,11,21H,(H,19,23)(H,20,24,25). The summed E-state index contributed by atoms with van der Waals surface area (Å²) < 4.78 is 5.54. The van der Waals surface area contributed by atoms with Crippen molar-refractivity contribution in [3.8, 4) is 17.6 Å². The van der Waals surface area contributed by atoms with E-state index < -0.39 is 18.0 Å². The van der Waals surface area contributed by atoms with Gasteiger partial charge in [-0.3, -0.25) is 14.9 Å². The Labute approximate surface area is 156 Å². The van der Waals surface area contributed by atoms with Crippen LogP contribution in [-0.4, -0.2) is 23.0 Å². The number of halogens is 2. The van der Waals surface area contributed by atoms with Crippen LogP contribution in [0.15, 0.2) is 35.3 Å². The van der Waals surface area contributed by atoms with Gasteiger partial charge in [0.05, 0.1) is 21.8 Å². The monoisotopic (exact) mass is 393 g/mol. The number of amides is 3. The van der Waals surface area contributed by atoms with Gasteiger partial charge < -0.3 is 9.72 Å². The zero-order valence-corrected chi connectivity index (χ0v) is 14.3. The number of urea groups is 1. The first-order valence-corrected chi connectivity index (χ1v) is 7.81. The molecule has 26 heavy (non-hydrogen) atoms. The number of hydrogen-bond donors (Lipinski definition) is 3.